The van der Waals surface area contributed by atoms with Gasteiger partial charge in [0.1, 0.15) is 34.5 Å². The van der Waals surface area contributed by atoms with Crippen molar-refractivity contribution in [1.82, 2.24) is 0 Å². The van der Waals surface area contributed by atoms with Crippen LogP contribution in [-0.4, -0.2) is 42.7 Å². The minimum atomic E-state index is -1.20. The van der Waals surface area contributed by atoms with Gasteiger partial charge in [-0.3, -0.25) is 0 Å². The van der Waals surface area contributed by atoms with E-state index in [1.165, 1.54) is 31.8 Å². The van der Waals surface area contributed by atoms with Crippen molar-refractivity contribution in [3.8, 4) is 45.6 Å². The zero-order chi connectivity index (χ0) is 38.5. The van der Waals surface area contributed by atoms with Gasteiger partial charge < -0.3 is 28.4 Å². The molecule has 278 valence electrons. The third-order valence-electron chi connectivity index (χ3n) is 9.92. The summed E-state index contributed by atoms with van der Waals surface area (Å²) in [5, 5.41) is 7.28. The van der Waals surface area contributed by atoms with E-state index in [0.717, 1.165) is 67.9 Å². The fourth-order valence-corrected chi connectivity index (χ4v) is 12.9. The molecule has 0 aliphatic heterocycles. The Balaban J connectivity index is 1.85. The van der Waals surface area contributed by atoms with Crippen molar-refractivity contribution < 1.29 is 28.4 Å². The summed E-state index contributed by atoms with van der Waals surface area (Å²) in [6.45, 7) is 8.67. The average molecular weight is 759 g/mol. The molecule has 0 N–H and O–H groups in total. The van der Waals surface area contributed by atoms with Gasteiger partial charge in [0.15, 0.2) is 0 Å². The van der Waals surface area contributed by atoms with Crippen LogP contribution in [0.5, 0.6) is 34.5 Å². The lowest BCUT2D eigenvalue weighted by atomic mass is 9.92. The van der Waals surface area contributed by atoms with Crippen molar-refractivity contribution in [1.29, 1.82) is 0 Å². The van der Waals surface area contributed by atoms with E-state index in [-0.39, 0.29) is 0 Å². The molecule has 0 heterocycles. The summed E-state index contributed by atoms with van der Waals surface area (Å²) < 4.78 is 35.1. The van der Waals surface area contributed by atoms with Crippen molar-refractivity contribution in [2.45, 2.75) is 27.7 Å². The molecule has 0 saturated heterocycles. The Morgan fingerprint density at radius 2 is 0.685 bits per heavy atom. The normalized spacial score (nSPS) is 11.1. The van der Waals surface area contributed by atoms with E-state index < -0.39 is 15.8 Å². The molecule has 0 fully saturated rings. The summed E-state index contributed by atoms with van der Waals surface area (Å²) in [6, 6.07) is 38.5. The molecule has 0 spiro atoms. The molecule has 6 nitrogen and oxygen atoms in total. The molecule has 0 aliphatic carbocycles. The molecule has 0 aromatic heterocycles. The number of hydrogen-bond donors (Lipinski definition) is 0. The minimum absolute atomic E-state index is 0.809. The van der Waals surface area contributed by atoms with E-state index in [2.05, 4.69) is 137 Å². The predicted octanol–water partition coefficient (Wildman–Crippen LogP) is 8.16. The molecule has 0 bridgehead atoms. The van der Waals surface area contributed by atoms with Gasteiger partial charge in [0.25, 0.3) is 0 Å². The van der Waals surface area contributed by atoms with Gasteiger partial charge >= 0.3 is 0 Å². The highest BCUT2D eigenvalue weighted by molar-refractivity contribution is 7.85. The van der Waals surface area contributed by atoms with Gasteiger partial charge in [-0.2, -0.15) is 0 Å². The van der Waals surface area contributed by atoms with Crippen molar-refractivity contribution in [2.75, 3.05) is 42.7 Å². The fourth-order valence-electron chi connectivity index (χ4n) is 7.25. The summed E-state index contributed by atoms with van der Waals surface area (Å²) in [5.41, 5.74) is 6.61. The molecule has 6 rings (SSSR count). The van der Waals surface area contributed by atoms with Crippen LogP contribution in [0.4, 0.5) is 0 Å². The van der Waals surface area contributed by atoms with Crippen LogP contribution in [0.15, 0.2) is 109 Å². The van der Waals surface area contributed by atoms with Gasteiger partial charge in [-0.05, 0) is 141 Å². The maximum Gasteiger partial charge on any atom is 0.125 e. The van der Waals surface area contributed by atoms with E-state index in [4.69, 9.17) is 28.4 Å². The first-order valence-corrected chi connectivity index (χ1v) is 20.4. The van der Waals surface area contributed by atoms with E-state index in [1.54, 1.807) is 42.7 Å². The Hall–Kier alpha value is -5.02. The van der Waals surface area contributed by atoms with E-state index >= 15 is 0 Å². The standard InChI is InChI=1S/C46H48O6P2/c1-29-11-28-41(30(2)43(29)51-9)42-31(3)44(52-10)32(4)45(53(37-20-12-33(47-5)13-21-37)38-22-14-34(48-6)15-23-38)46(42)54(39-24-16-35(49-7)17-25-39)40-26-18-36(50-8)19-27-40/h11-28H,1-10H3. The van der Waals surface area contributed by atoms with Crippen LogP contribution in [0.3, 0.4) is 0 Å². The van der Waals surface area contributed by atoms with Gasteiger partial charge in [-0.15, -0.1) is 0 Å². The molecule has 8 heteroatoms. The van der Waals surface area contributed by atoms with Gasteiger partial charge in [0, 0.05) is 16.2 Å². The number of aryl methyl sites for hydroxylation is 1. The van der Waals surface area contributed by atoms with Crippen molar-refractivity contribution >= 4 is 47.7 Å². The third kappa shape index (κ3) is 7.38. The van der Waals surface area contributed by atoms with Crippen molar-refractivity contribution in [3.05, 3.63) is 131 Å². The van der Waals surface area contributed by atoms with Crippen LogP contribution in [0.2, 0.25) is 0 Å². The summed E-state index contributed by atoms with van der Waals surface area (Å²) >= 11 is 0. The van der Waals surface area contributed by atoms with Gasteiger partial charge in [-0.1, -0.05) is 60.7 Å². The predicted molar refractivity (Wildman–Crippen MR) is 228 cm³/mol. The first-order chi connectivity index (χ1) is 26.2. The van der Waals surface area contributed by atoms with E-state index in [0.29, 0.717) is 0 Å². The molecule has 0 saturated carbocycles. The lowest BCUT2D eigenvalue weighted by Crippen LogP contribution is -2.38. The molecule has 0 unspecified atom stereocenters. The molecule has 0 amide bonds. The van der Waals surface area contributed by atoms with Crippen LogP contribution in [0, 0.1) is 27.7 Å². The highest BCUT2D eigenvalue weighted by atomic mass is 31.1. The van der Waals surface area contributed by atoms with Crippen molar-refractivity contribution in [2.24, 2.45) is 0 Å². The largest absolute Gasteiger partial charge is 0.497 e. The number of benzene rings is 6. The van der Waals surface area contributed by atoms with Crippen LogP contribution in [-0.2, 0) is 0 Å². The summed E-state index contributed by atoms with van der Waals surface area (Å²) in [7, 11) is 7.98. The van der Waals surface area contributed by atoms with Crippen molar-refractivity contribution in [3.63, 3.8) is 0 Å². The first kappa shape index (κ1) is 38.7. The van der Waals surface area contributed by atoms with Gasteiger partial charge in [-0.25, -0.2) is 0 Å². The lowest BCUT2D eigenvalue weighted by Gasteiger charge is -2.34. The molecule has 54 heavy (non-hydrogen) atoms. The second kappa shape index (κ2) is 17.0. The average Bonchev–Trinajstić information content (AvgIpc) is 3.21. The number of ether oxygens (including phenoxy) is 6. The Morgan fingerprint density at radius 3 is 1.02 bits per heavy atom. The van der Waals surface area contributed by atoms with Crippen LogP contribution in [0.25, 0.3) is 11.1 Å². The Bertz CT molecular complexity index is 2120. The molecular weight excluding hydrogens is 710 g/mol. The highest BCUT2D eigenvalue weighted by Crippen LogP contribution is 2.48. The maximum atomic E-state index is 6.41. The monoisotopic (exact) mass is 758 g/mol. The fraction of sp³-hybridized carbons (Fsp3) is 0.217. The Kier molecular flexibility index (Phi) is 12.2. The van der Waals surface area contributed by atoms with Crippen LogP contribution >= 0.6 is 15.8 Å². The molecular formula is C46H48O6P2. The maximum absolute atomic E-state index is 6.41. The Morgan fingerprint density at radius 1 is 0.333 bits per heavy atom. The van der Waals surface area contributed by atoms with Gasteiger partial charge in [0.05, 0.1) is 42.7 Å². The lowest BCUT2D eigenvalue weighted by molar-refractivity contribution is 0.408. The minimum Gasteiger partial charge on any atom is -0.497 e. The number of hydrogen-bond acceptors (Lipinski definition) is 6. The molecule has 6 aromatic rings. The molecule has 0 radical (unpaired) electrons. The van der Waals surface area contributed by atoms with E-state index in [1.807, 2.05) is 0 Å². The zero-order valence-electron chi connectivity index (χ0n) is 32.7. The summed E-state index contributed by atoms with van der Waals surface area (Å²) in [5.74, 6) is 4.99. The van der Waals surface area contributed by atoms with E-state index in [9.17, 15) is 0 Å². The molecule has 0 aliphatic rings. The number of methoxy groups -OCH3 is 6. The second-order valence-electron chi connectivity index (χ2n) is 12.9. The van der Waals surface area contributed by atoms with Crippen LogP contribution in [0.1, 0.15) is 22.3 Å². The Labute approximate surface area is 322 Å². The third-order valence-corrected chi connectivity index (χ3v) is 15.3. The molecule has 6 aromatic carbocycles. The molecule has 0 atom stereocenters. The van der Waals surface area contributed by atoms with Gasteiger partial charge in [0.2, 0.25) is 0 Å². The van der Waals surface area contributed by atoms with Crippen LogP contribution < -0.4 is 60.2 Å². The highest BCUT2D eigenvalue weighted by Gasteiger charge is 2.34. The zero-order valence-corrected chi connectivity index (χ0v) is 34.5. The summed E-state index contributed by atoms with van der Waals surface area (Å²) in [6.07, 6.45) is 0. The second-order valence-corrected chi connectivity index (χ2v) is 17.2. The quantitative estimate of drug-likeness (QED) is 0.111. The summed E-state index contributed by atoms with van der Waals surface area (Å²) in [4.78, 5) is 0. The SMILES string of the molecule is COc1ccc(P(c2ccc(OC)cc2)c2c(C)c(OC)c(C)c(-c3ccc(C)c(OC)c3C)c2P(c2ccc(OC)cc2)c2ccc(OC)cc2)cc1. The number of rotatable bonds is 13. The smallest absolute Gasteiger partial charge is 0.125 e. The first-order valence-electron chi connectivity index (χ1n) is 17.7. The topological polar surface area (TPSA) is 55.4 Å².